The number of hydrogen-bond donors (Lipinski definition) is 3. The molecule has 0 aromatic heterocycles. The zero-order valence-electron chi connectivity index (χ0n) is 16.0. The van der Waals surface area contributed by atoms with Crippen LogP contribution in [-0.4, -0.2) is 36.1 Å². The van der Waals surface area contributed by atoms with Crippen LogP contribution in [0.1, 0.15) is 24.5 Å². The number of anilines is 1. The maximum absolute atomic E-state index is 12.4. The van der Waals surface area contributed by atoms with E-state index in [4.69, 9.17) is 0 Å². The number of benzene rings is 2. The second kappa shape index (κ2) is 11.0. The first-order valence-electron chi connectivity index (χ1n) is 9.29. The summed E-state index contributed by atoms with van der Waals surface area (Å²) in [6, 6.07) is 17.4. The van der Waals surface area contributed by atoms with E-state index in [1.54, 1.807) is 0 Å². The van der Waals surface area contributed by atoms with Gasteiger partial charge in [-0.1, -0.05) is 42.5 Å². The molecule has 0 saturated carbocycles. The van der Waals surface area contributed by atoms with E-state index in [9.17, 15) is 9.90 Å². The molecular weight excluding hydrogens is 467 g/mol. The van der Waals surface area contributed by atoms with Crippen molar-refractivity contribution in [3.63, 3.8) is 0 Å². The van der Waals surface area contributed by atoms with Gasteiger partial charge in [0.15, 0.2) is 5.96 Å². The van der Waals surface area contributed by atoms with Crippen molar-refractivity contribution in [3.8, 4) is 0 Å². The van der Waals surface area contributed by atoms with Crippen molar-refractivity contribution in [1.82, 2.24) is 10.6 Å². The molecule has 1 heterocycles. The van der Waals surface area contributed by atoms with E-state index in [2.05, 4.69) is 15.6 Å². The number of nitrogens with zero attached hydrogens (tertiary/aromatic N) is 2. The Kier molecular flexibility index (Phi) is 8.72. The van der Waals surface area contributed by atoms with Crippen LogP contribution in [0.15, 0.2) is 59.6 Å². The van der Waals surface area contributed by atoms with Crippen LogP contribution < -0.4 is 15.5 Å². The summed E-state index contributed by atoms with van der Waals surface area (Å²) >= 11 is 0. The lowest BCUT2D eigenvalue weighted by molar-refractivity contribution is -0.117. The van der Waals surface area contributed by atoms with Gasteiger partial charge < -0.3 is 20.6 Å². The molecule has 1 atom stereocenters. The Bertz CT molecular complexity index is 798. The zero-order valence-corrected chi connectivity index (χ0v) is 18.3. The molecule has 1 aliphatic heterocycles. The summed E-state index contributed by atoms with van der Waals surface area (Å²) < 4.78 is 0. The highest BCUT2D eigenvalue weighted by Gasteiger charge is 2.31. The number of nitrogens with one attached hydrogen (secondary N) is 2. The summed E-state index contributed by atoms with van der Waals surface area (Å²) in [6.07, 6.45) is 0.437. The average molecular weight is 494 g/mol. The van der Waals surface area contributed by atoms with Crippen molar-refractivity contribution in [2.24, 2.45) is 4.99 Å². The van der Waals surface area contributed by atoms with Crippen molar-refractivity contribution in [2.45, 2.75) is 32.5 Å². The number of carbonyl (C=O) groups excluding carboxylic acids is 1. The van der Waals surface area contributed by atoms with Crippen LogP contribution >= 0.6 is 24.0 Å². The van der Waals surface area contributed by atoms with Gasteiger partial charge in [0, 0.05) is 25.2 Å². The Balaban J connectivity index is 0.00000280. The zero-order chi connectivity index (χ0) is 19.1. The first kappa shape index (κ1) is 22.2. The summed E-state index contributed by atoms with van der Waals surface area (Å²) in [5.74, 6) is 0.790. The molecule has 0 aliphatic carbocycles. The van der Waals surface area contributed by atoms with Crippen LogP contribution in [0.5, 0.6) is 0 Å². The molecule has 150 valence electrons. The molecule has 1 amide bonds. The first-order chi connectivity index (χ1) is 13.2. The third kappa shape index (κ3) is 5.68. The van der Waals surface area contributed by atoms with E-state index in [-0.39, 0.29) is 42.5 Å². The second-order valence-electron chi connectivity index (χ2n) is 6.51. The minimum atomic E-state index is -0.00117. The Hall–Kier alpha value is -2.13. The highest BCUT2D eigenvalue weighted by atomic mass is 127. The molecule has 28 heavy (non-hydrogen) atoms. The normalized spacial score (nSPS) is 16.6. The summed E-state index contributed by atoms with van der Waals surface area (Å²) in [5, 5.41) is 16.1. The molecule has 0 radical (unpaired) electrons. The quantitative estimate of drug-likeness (QED) is 0.328. The average Bonchev–Trinajstić information content (AvgIpc) is 3.07. The van der Waals surface area contributed by atoms with Gasteiger partial charge >= 0.3 is 0 Å². The molecule has 3 rings (SSSR count). The van der Waals surface area contributed by atoms with Crippen LogP contribution in [0.4, 0.5) is 5.69 Å². The Morgan fingerprint density at radius 3 is 2.50 bits per heavy atom. The lowest BCUT2D eigenvalue weighted by Crippen LogP contribution is -2.44. The molecule has 7 heteroatoms. The number of hydrogen-bond acceptors (Lipinski definition) is 3. The topological polar surface area (TPSA) is 77.0 Å². The number of aliphatic imine (C=N–C) groups is 1. The molecule has 2 aromatic carbocycles. The smallest absolute Gasteiger partial charge is 0.229 e. The van der Waals surface area contributed by atoms with Crippen LogP contribution in [-0.2, 0) is 17.9 Å². The minimum absolute atomic E-state index is 0. The lowest BCUT2D eigenvalue weighted by Gasteiger charge is -2.19. The molecule has 1 fully saturated rings. The number of aliphatic hydroxyl groups excluding tert-OH is 1. The molecule has 1 unspecified atom stereocenters. The maximum Gasteiger partial charge on any atom is 0.229 e. The van der Waals surface area contributed by atoms with Crippen LogP contribution in [0.3, 0.4) is 0 Å². The van der Waals surface area contributed by atoms with Gasteiger partial charge in [0.25, 0.3) is 0 Å². The molecule has 3 N–H and O–H groups in total. The summed E-state index contributed by atoms with van der Waals surface area (Å²) in [5.41, 5.74) is 2.79. The van der Waals surface area contributed by atoms with E-state index in [1.807, 2.05) is 66.4 Å². The number of rotatable bonds is 6. The molecule has 6 nitrogen and oxygen atoms in total. The van der Waals surface area contributed by atoms with Crippen molar-refractivity contribution >= 4 is 41.5 Å². The minimum Gasteiger partial charge on any atom is -0.392 e. The SMILES string of the molecule is CCNC(=NCc1ccccc1CO)NC1CC(=O)N(c2ccccc2)C1.I. The van der Waals surface area contributed by atoms with Crippen molar-refractivity contribution in [1.29, 1.82) is 0 Å². The fraction of sp³-hybridized carbons (Fsp3) is 0.333. The fourth-order valence-electron chi connectivity index (χ4n) is 3.21. The Labute approximate surface area is 183 Å². The predicted octanol–water partition coefficient (Wildman–Crippen LogP) is 2.66. The molecule has 2 aromatic rings. The van der Waals surface area contributed by atoms with E-state index < -0.39 is 0 Å². The van der Waals surface area contributed by atoms with Gasteiger partial charge in [0.05, 0.1) is 19.2 Å². The molecule has 1 saturated heterocycles. The standard InChI is InChI=1S/C21H26N4O2.HI/c1-2-22-21(23-13-16-8-6-7-9-17(16)15-26)24-18-12-20(27)25(14-18)19-10-4-3-5-11-19;/h3-11,18,26H,2,12-15H2,1H3,(H2,22,23,24);1H. The van der Waals surface area contributed by atoms with Crippen LogP contribution in [0.2, 0.25) is 0 Å². The number of aliphatic hydroxyl groups is 1. The largest absolute Gasteiger partial charge is 0.392 e. The van der Waals surface area contributed by atoms with E-state index >= 15 is 0 Å². The third-order valence-corrected chi connectivity index (χ3v) is 4.57. The summed E-state index contributed by atoms with van der Waals surface area (Å²) in [6.45, 7) is 3.82. The highest BCUT2D eigenvalue weighted by molar-refractivity contribution is 14.0. The number of halogens is 1. The summed E-state index contributed by atoms with van der Waals surface area (Å²) in [4.78, 5) is 18.8. The van der Waals surface area contributed by atoms with Crippen molar-refractivity contribution < 1.29 is 9.90 Å². The lowest BCUT2D eigenvalue weighted by atomic mass is 10.1. The van der Waals surface area contributed by atoms with Gasteiger partial charge in [-0.15, -0.1) is 24.0 Å². The van der Waals surface area contributed by atoms with E-state index in [0.717, 1.165) is 23.4 Å². The van der Waals surface area contributed by atoms with Crippen molar-refractivity contribution in [2.75, 3.05) is 18.0 Å². The van der Waals surface area contributed by atoms with Crippen molar-refractivity contribution in [3.05, 3.63) is 65.7 Å². The number of guanidine groups is 1. The molecule has 1 aliphatic rings. The first-order valence-corrected chi connectivity index (χ1v) is 9.29. The van der Waals surface area contributed by atoms with Gasteiger partial charge in [-0.2, -0.15) is 0 Å². The molecule has 0 spiro atoms. The predicted molar refractivity (Wildman–Crippen MR) is 123 cm³/mol. The highest BCUT2D eigenvalue weighted by Crippen LogP contribution is 2.21. The van der Waals surface area contributed by atoms with E-state index in [0.29, 0.717) is 25.5 Å². The van der Waals surface area contributed by atoms with Gasteiger partial charge in [0.2, 0.25) is 5.91 Å². The molecular formula is C21H27IN4O2. The summed E-state index contributed by atoms with van der Waals surface area (Å²) in [7, 11) is 0. The van der Waals surface area contributed by atoms with Crippen LogP contribution in [0, 0.1) is 0 Å². The number of amides is 1. The third-order valence-electron chi connectivity index (χ3n) is 4.57. The monoisotopic (exact) mass is 494 g/mol. The Morgan fingerprint density at radius 2 is 1.82 bits per heavy atom. The molecule has 0 bridgehead atoms. The second-order valence-corrected chi connectivity index (χ2v) is 6.51. The maximum atomic E-state index is 12.4. The fourth-order valence-corrected chi connectivity index (χ4v) is 3.21. The number of para-hydroxylation sites is 1. The van der Waals surface area contributed by atoms with Gasteiger partial charge in [0.1, 0.15) is 0 Å². The van der Waals surface area contributed by atoms with Gasteiger partial charge in [-0.05, 0) is 30.2 Å². The Morgan fingerprint density at radius 1 is 1.14 bits per heavy atom. The van der Waals surface area contributed by atoms with E-state index in [1.165, 1.54) is 0 Å². The van der Waals surface area contributed by atoms with Crippen LogP contribution in [0.25, 0.3) is 0 Å². The van der Waals surface area contributed by atoms with Gasteiger partial charge in [-0.3, -0.25) is 4.79 Å². The number of carbonyl (C=O) groups is 1. The van der Waals surface area contributed by atoms with Gasteiger partial charge in [-0.25, -0.2) is 4.99 Å².